The van der Waals surface area contributed by atoms with Crippen LogP contribution in [0.3, 0.4) is 0 Å². The number of alkyl halides is 1. The molecule has 0 heterocycles. The number of allylic oxidation sites excluding steroid dienone is 4. The Hall–Kier alpha value is -0.730. The fourth-order valence-corrected chi connectivity index (χ4v) is 1.25. The van der Waals surface area contributed by atoms with Crippen molar-refractivity contribution in [2.24, 2.45) is 5.92 Å². The van der Waals surface area contributed by atoms with E-state index >= 15 is 0 Å². The van der Waals surface area contributed by atoms with Crippen molar-refractivity contribution in [3.8, 4) is 0 Å². The van der Waals surface area contributed by atoms with Gasteiger partial charge in [0.25, 0.3) is 0 Å². The number of rotatable bonds is 0. The molecule has 0 aromatic heterocycles. The van der Waals surface area contributed by atoms with Gasteiger partial charge < -0.3 is 0 Å². The summed E-state index contributed by atoms with van der Waals surface area (Å²) in [7, 11) is 0. The van der Waals surface area contributed by atoms with Gasteiger partial charge >= 0.3 is 0 Å². The minimum atomic E-state index is -1.81. The summed E-state index contributed by atoms with van der Waals surface area (Å²) in [6.07, 6.45) is -1.81. The average Bonchev–Trinajstić information content (AvgIpc) is 2.08. The molecule has 1 aliphatic carbocycles. The molecule has 0 fully saturated rings. The minimum Gasteiger partial charge on any atom is -0.239 e. The molecule has 0 aromatic carbocycles. The first-order valence-electron chi connectivity index (χ1n) is 3.83. The van der Waals surface area contributed by atoms with Crippen LogP contribution in [0, 0.1) is 5.92 Å². The molecule has 0 spiro atoms. The van der Waals surface area contributed by atoms with E-state index in [1.807, 2.05) is 0 Å². The van der Waals surface area contributed by atoms with E-state index in [4.69, 9.17) is 0 Å². The van der Waals surface area contributed by atoms with Crippen molar-refractivity contribution in [2.75, 3.05) is 0 Å². The number of hydrogen-bond acceptors (Lipinski definition) is 0. The van der Waals surface area contributed by atoms with Crippen LogP contribution in [-0.4, -0.2) is 6.17 Å². The molecule has 2 atom stereocenters. The van der Waals surface area contributed by atoms with Crippen molar-refractivity contribution in [2.45, 2.75) is 26.9 Å². The Morgan fingerprint density at radius 3 is 1.92 bits per heavy atom. The van der Waals surface area contributed by atoms with Gasteiger partial charge in [0.05, 0.1) is 0 Å². The SMILES string of the molecule is CC1=C(F)C(C)C(F)C(F)=C1C. The molecule has 0 amide bonds. The van der Waals surface area contributed by atoms with Crippen LogP contribution < -0.4 is 0 Å². The second kappa shape index (κ2) is 2.96. The van der Waals surface area contributed by atoms with Crippen LogP contribution >= 0.6 is 0 Å². The van der Waals surface area contributed by atoms with Gasteiger partial charge in [-0.25, -0.2) is 13.2 Å². The van der Waals surface area contributed by atoms with Crippen molar-refractivity contribution in [1.29, 1.82) is 0 Å². The Kier molecular flexibility index (Phi) is 2.31. The zero-order valence-corrected chi connectivity index (χ0v) is 7.29. The Morgan fingerprint density at radius 1 is 1.00 bits per heavy atom. The van der Waals surface area contributed by atoms with Gasteiger partial charge in [-0.15, -0.1) is 0 Å². The molecule has 12 heavy (non-hydrogen) atoms. The Bertz CT molecular complexity index is 235. The third-order valence-electron chi connectivity index (χ3n) is 2.36. The topological polar surface area (TPSA) is 0 Å². The lowest BCUT2D eigenvalue weighted by atomic mass is 9.90. The van der Waals surface area contributed by atoms with Crippen LogP contribution in [0.4, 0.5) is 13.2 Å². The average molecular weight is 176 g/mol. The molecule has 1 rings (SSSR count). The van der Waals surface area contributed by atoms with Crippen LogP contribution in [0.5, 0.6) is 0 Å². The van der Waals surface area contributed by atoms with Gasteiger partial charge in [-0.1, -0.05) is 6.92 Å². The predicted octanol–water partition coefficient (Wildman–Crippen LogP) is 3.46. The summed E-state index contributed by atoms with van der Waals surface area (Å²) in [6, 6.07) is 0. The minimum absolute atomic E-state index is 0.0955. The fraction of sp³-hybridized carbons (Fsp3) is 0.556. The van der Waals surface area contributed by atoms with Crippen molar-refractivity contribution >= 4 is 0 Å². The highest BCUT2D eigenvalue weighted by molar-refractivity contribution is 5.38. The van der Waals surface area contributed by atoms with Gasteiger partial charge in [0.2, 0.25) is 0 Å². The van der Waals surface area contributed by atoms with Crippen LogP contribution in [0.2, 0.25) is 0 Å². The molecule has 3 heteroatoms. The van der Waals surface area contributed by atoms with Crippen molar-refractivity contribution in [3.05, 3.63) is 22.8 Å². The zero-order chi connectivity index (χ0) is 9.46. The van der Waals surface area contributed by atoms with Gasteiger partial charge in [0, 0.05) is 5.92 Å². The summed E-state index contributed by atoms with van der Waals surface area (Å²) in [4.78, 5) is 0. The van der Waals surface area contributed by atoms with Crippen molar-refractivity contribution in [1.82, 2.24) is 0 Å². The van der Waals surface area contributed by atoms with Crippen LogP contribution in [-0.2, 0) is 0 Å². The molecule has 0 nitrogen and oxygen atoms in total. The molecular formula is C9H11F3. The lowest BCUT2D eigenvalue weighted by Crippen LogP contribution is -2.20. The first kappa shape index (κ1) is 9.36. The number of hydrogen-bond donors (Lipinski definition) is 0. The maximum absolute atomic E-state index is 13.1. The van der Waals surface area contributed by atoms with Gasteiger partial charge in [-0.3, -0.25) is 0 Å². The van der Waals surface area contributed by atoms with Gasteiger partial charge in [0.1, 0.15) is 11.7 Å². The van der Waals surface area contributed by atoms with Gasteiger partial charge in [-0.2, -0.15) is 0 Å². The zero-order valence-electron chi connectivity index (χ0n) is 7.29. The van der Waals surface area contributed by atoms with Gasteiger partial charge in [0.15, 0.2) is 6.17 Å². The van der Waals surface area contributed by atoms with Crippen LogP contribution in [0.1, 0.15) is 20.8 Å². The van der Waals surface area contributed by atoms with E-state index in [0.717, 1.165) is 0 Å². The summed E-state index contributed by atoms with van der Waals surface area (Å²) in [5.74, 6) is -2.35. The first-order valence-corrected chi connectivity index (χ1v) is 3.83. The van der Waals surface area contributed by atoms with Gasteiger partial charge in [-0.05, 0) is 25.0 Å². The summed E-state index contributed by atoms with van der Waals surface area (Å²) >= 11 is 0. The monoisotopic (exact) mass is 176 g/mol. The first-order chi connectivity index (χ1) is 5.46. The molecule has 0 aliphatic heterocycles. The van der Waals surface area contributed by atoms with Crippen molar-refractivity contribution < 1.29 is 13.2 Å². The normalized spacial score (nSPS) is 31.5. The third-order valence-corrected chi connectivity index (χ3v) is 2.36. The van der Waals surface area contributed by atoms with Crippen molar-refractivity contribution in [3.63, 3.8) is 0 Å². The molecule has 0 saturated heterocycles. The maximum atomic E-state index is 13.1. The highest BCUT2D eigenvalue weighted by Gasteiger charge is 2.32. The molecule has 0 radical (unpaired) electrons. The summed E-state index contributed by atoms with van der Waals surface area (Å²) in [5.41, 5.74) is 0.326. The lowest BCUT2D eigenvalue weighted by Gasteiger charge is -2.22. The Balaban J connectivity index is 3.18. The van der Waals surface area contributed by atoms with E-state index in [-0.39, 0.29) is 11.1 Å². The maximum Gasteiger partial charge on any atom is 0.160 e. The molecule has 2 unspecified atom stereocenters. The highest BCUT2D eigenvalue weighted by Crippen LogP contribution is 2.37. The molecule has 0 N–H and O–H groups in total. The lowest BCUT2D eigenvalue weighted by molar-refractivity contribution is 0.234. The molecule has 0 saturated carbocycles. The molecule has 1 aliphatic rings. The fourth-order valence-electron chi connectivity index (χ4n) is 1.25. The van der Waals surface area contributed by atoms with E-state index in [0.29, 0.717) is 0 Å². The quantitative estimate of drug-likeness (QED) is 0.530. The predicted molar refractivity (Wildman–Crippen MR) is 41.7 cm³/mol. The largest absolute Gasteiger partial charge is 0.239 e. The second-order valence-electron chi connectivity index (χ2n) is 3.14. The van der Waals surface area contributed by atoms with E-state index < -0.39 is 23.7 Å². The summed E-state index contributed by atoms with van der Waals surface area (Å²) in [5, 5.41) is 0. The summed E-state index contributed by atoms with van der Waals surface area (Å²) in [6.45, 7) is 4.20. The number of halogens is 3. The highest BCUT2D eigenvalue weighted by atomic mass is 19.2. The smallest absolute Gasteiger partial charge is 0.160 e. The molecule has 68 valence electrons. The van der Waals surface area contributed by atoms with E-state index in [1.54, 1.807) is 0 Å². The Labute approximate surface area is 69.8 Å². The third kappa shape index (κ3) is 1.17. The second-order valence-corrected chi connectivity index (χ2v) is 3.14. The van der Waals surface area contributed by atoms with Crippen LogP contribution in [0.15, 0.2) is 22.8 Å². The van der Waals surface area contributed by atoms with E-state index in [1.165, 1.54) is 20.8 Å². The Morgan fingerprint density at radius 2 is 1.42 bits per heavy atom. The summed E-state index contributed by atoms with van der Waals surface area (Å²) < 4.78 is 39.0. The standard InChI is InChI=1S/C9H11F3/c1-4-5(2)8(11)9(12)6(3)7(4)10/h6,9H,1-3H3. The van der Waals surface area contributed by atoms with Crippen LogP contribution in [0.25, 0.3) is 0 Å². The van der Waals surface area contributed by atoms with E-state index in [9.17, 15) is 13.2 Å². The van der Waals surface area contributed by atoms with E-state index in [2.05, 4.69) is 0 Å². The molecule has 0 aromatic rings. The molecule has 0 bridgehead atoms. The molecular weight excluding hydrogens is 165 g/mol.